The minimum absolute atomic E-state index is 0.285. The summed E-state index contributed by atoms with van der Waals surface area (Å²) in [5, 5.41) is 0.285. The van der Waals surface area contributed by atoms with Crippen molar-refractivity contribution in [1.29, 1.82) is 0 Å². The lowest BCUT2D eigenvalue weighted by molar-refractivity contribution is 0.465. The molecular formula is C5H9NS3. The van der Waals surface area contributed by atoms with E-state index in [4.69, 9.17) is 12.2 Å². The molecule has 52 valence electrons. The fraction of sp³-hybridized carbons (Fsp3) is 0.800. The normalized spacial score (nSPS) is 22.9. The molecule has 1 fully saturated rings. The van der Waals surface area contributed by atoms with Gasteiger partial charge >= 0.3 is 0 Å². The quantitative estimate of drug-likeness (QED) is 0.481. The summed E-state index contributed by atoms with van der Waals surface area (Å²) >= 11 is 11.1. The molecule has 0 aromatic carbocycles. The molecule has 0 saturated carbocycles. The summed E-state index contributed by atoms with van der Waals surface area (Å²) in [5.41, 5.74) is 0. The van der Waals surface area contributed by atoms with Crippen molar-refractivity contribution in [1.82, 2.24) is 4.90 Å². The number of nitrogens with zero attached hydrogens (tertiary/aromatic N) is 1. The highest BCUT2D eigenvalue weighted by Gasteiger charge is 2.19. The zero-order valence-corrected chi connectivity index (χ0v) is 7.73. The van der Waals surface area contributed by atoms with Crippen LogP contribution in [0.25, 0.3) is 0 Å². The lowest BCUT2D eigenvalue weighted by Crippen LogP contribution is -2.28. The SMILES string of the molecule is CC(S)N1CCSC1=S. The molecule has 0 aliphatic carbocycles. The van der Waals surface area contributed by atoms with Crippen LogP contribution in [0.1, 0.15) is 6.92 Å². The number of hydrogen-bond donors (Lipinski definition) is 1. The van der Waals surface area contributed by atoms with Gasteiger partial charge in [-0.25, -0.2) is 0 Å². The van der Waals surface area contributed by atoms with E-state index in [1.807, 2.05) is 6.92 Å². The Morgan fingerprint density at radius 3 is 2.78 bits per heavy atom. The molecule has 1 nitrogen and oxygen atoms in total. The summed E-state index contributed by atoms with van der Waals surface area (Å²) in [5.74, 6) is 1.13. The molecule has 0 aromatic heterocycles. The van der Waals surface area contributed by atoms with Gasteiger partial charge in [0.25, 0.3) is 0 Å². The molecule has 1 heterocycles. The molecule has 4 heteroatoms. The molecule has 1 rings (SSSR count). The molecule has 9 heavy (non-hydrogen) atoms. The maximum Gasteiger partial charge on any atom is 0.137 e. The second kappa shape index (κ2) is 3.12. The number of thiocarbonyl (C=S) groups is 1. The second-order valence-electron chi connectivity index (χ2n) is 1.94. The third-order valence-electron chi connectivity index (χ3n) is 1.24. The molecule has 1 saturated heterocycles. The van der Waals surface area contributed by atoms with Crippen LogP contribution in [0.3, 0.4) is 0 Å². The van der Waals surface area contributed by atoms with Gasteiger partial charge in [-0.15, -0.1) is 0 Å². The minimum Gasteiger partial charge on any atom is -0.345 e. The van der Waals surface area contributed by atoms with E-state index in [9.17, 15) is 0 Å². The zero-order chi connectivity index (χ0) is 6.85. The number of hydrogen-bond acceptors (Lipinski definition) is 3. The van der Waals surface area contributed by atoms with Gasteiger partial charge in [-0.3, -0.25) is 0 Å². The van der Waals surface area contributed by atoms with E-state index in [1.165, 1.54) is 0 Å². The van der Waals surface area contributed by atoms with Gasteiger partial charge in [-0.1, -0.05) is 24.0 Å². The Labute approximate surface area is 70.6 Å². The maximum atomic E-state index is 5.06. The standard InChI is InChI=1S/C5H9NS3/c1-4(7)6-2-3-9-5(6)8/h4,7H,2-3H2,1H3. The molecule has 1 atom stereocenters. The van der Waals surface area contributed by atoms with E-state index in [1.54, 1.807) is 11.8 Å². The molecule has 0 radical (unpaired) electrons. The third kappa shape index (κ3) is 1.75. The average molecular weight is 179 g/mol. The van der Waals surface area contributed by atoms with Crippen LogP contribution in [0.5, 0.6) is 0 Å². The highest BCUT2D eigenvalue weighted by Crippen LogP contribution is 2.21. The van der Waals surface area contributed by atoms with Crippen molar-refractivity contribution in [3.05, 3.63) is 0 Å². The van der Waals surface area contributed by atoms with Crippen molar-refractivity contribution in [2.75, 3.05) is 12.3 Å². The van der Waals surface area contributed by atoms with Gasteiger partial charge < -0.3 is 4.90 Å². The fourth-order valence-electron chi connectivity index (χ4n) is 0.745. The summed E-state index contributed by atoms with van der Waals surface area (Å²) in [6.07, 6.45) is 0. The highest BCUT2D eigenvalue weighted by molar-refractivity contribution is 8.23. The van der Waals surface area contributed by atoms with E-state index in [-0.39, 0.29) is 5.37 Å². The van der Waals surface area contributed by atoms with Crippen molar-refractivity contribution >= 4 is 40.9 Å². The van der Waals surface area contributed by atoms with Crippen LogP contribution in [0, 0.1) is 0 Å². The van der Waals surface area contributed by atoms with Crippen LogP contribution in [0.2, 0.25) is 0 Å². The Bertz CT molecular complexity index is 123. The predicted molar refractivity (Wildman–Crippen MR) is 50.2 cm³/mol. The lowest BCUT2D eigenvalue weighted by atomic mass is 10.6. The van der Waals surface area contributed by atoms with Crippen molar-refractivity contribution in [3.8, 4) is 0 Å². The Morgan fingerprint density at radius 2 is 2.56 bits per heavy atom. The Balaban J connectivity index is 2.49. The van der Waals surface area contributed by atoms with Gasteiger partial charge in [0.1, 0.15) is 4.32 Å². The summed E-state index contributed by atoms with van der Waals surface area (Å²) in [4.78, 5) is 2.13. The smallest absolute Gasteiger partial charge is 0.137 e. The monoisotopic (exact) mass is 179 g/mol. The van der Waals surface area contributed by atoms with E-state index in [0.29, 0.717) is 0 Å². The molecule has 0 amide bonds. The highest BCUT2D eigenvalue weighted by atomic mass is 32.2. The first kappa shape index (κ1) is 7.69. The van der Waals surface area contributed by atoms with Crippen LogP contribution in [-0.4, -0.2) is 26.9 Å². The van der Waals surface area contributed by atoms with Crippen LogP contribution >= 0.6 is 36.6 Å². The first-order valence-corrected chi connectivity index (χ1v) is 4.74. The van der Waals surface area contributed by atoms with Crippen LogP contribution in [0.15, 0.2) is 0 Å². The topological polar surface area (TPSA) is 3.24 Å². The molecule has 1 aliphatic rings. The second-order valence-corrected chi connectivity index (χ2v) is 4.42. The molecular weight excluding hydrogens is 170 g/mol. The average Bonchev–Trinajstić information content (AvgIpc) is 2.13. The summed E-state index contributed by atoms with van der Waals surface area (Å²) in [7, 11) is 0. The van der Waals surface area contributed by atoms with Crippen molar-refractivity contribution in [2.45, 2.75) is 12.3 Å². The van der Waals surface area contributed by atoms with Crippen molar-refractivity contribution < 1.29 is 0 Å². The van der Waals surface area contributed by atoms with Gasteiger partial charge in [-0.2, -0.15) is 12.6 Å². The lowest BCUT2D eigenvalue weighted by Gasteiger charge is -2.19. The van der Waals surface area contributed by atoms with E-state index in [2.05, 4.69) is 17.5 Å². The van der Waals surface area contributed by atoms with Crippen LogP contribution < -0.4 is 0 Å². The Morgan fingerprint density at radius 1 is 1.89 bits per heavy atom. The summed E-state index contributed by atoms with van der Waals surface area (Å²) in [6.45, 7) is 3.11. The molecule has 1 aliphatic heterocycles. The fourth-order valence-corrected chi connectivity index (χ4v) is 2.51. The maximum absolute atomic E-state index is 5.06. The third-order valence-corrected chi connectivity index (χ3v) is 2.98. The Kier molecular flexibility index (Phi) is 2.67. The minimum atomic E-state index is 0.285. The van der Waals surface area contributed by atoms with Gasteiger partial charge in [0, 0.05) is 12.3 Å². The molecule has 1 unspecified atom stereocenters. The predicted octanol–water partition coefficient (Wildman–Crippen LogP) is 1.60. The molecule has 0 N–H and O–H groups in total. The number of rotatable bonds is 1. The molecule has 0 spiro atoms. The van der Waals surface area contributed by atoms with E-state index < -0.39 is 0 Å². The largest absolute Gasteiger partial charge is 0.345 e. The summed E-state index contributed by atoms with van der Waals surface area (Å²) in [6, 6.07) is 0. The first-order valence-electron chi connectivity index (χ1n) is 2.83. The van der Waals surface area contributed by atoms with Gasteiger partial charge in [0.2, 0.25) is 0 Å². The molecule has 0 bridgehead atoms. The Hall–Kier alpha value is 0.590. The van der Waals surface area contributed by atoms with Crippen molar-refractivity contribution in [3.63, 3.8) is 0 Å². The first-order chi connectivity index (χ1) is 4.22. The number of thiol groups is 1. The van der Waals surface area contributed by atoms with Crippen LogP contribution in [-0.2, 0) is 0 Å². The van der Waals surface area contributed by atoms with Gasteiger partial charge in [0.05, 0.1) is 5.37 Å². The van der Waals surface area contributed by atoms with E-state index >= 15 is 0 Å². The number of thioether (sulfide) groups is 1. The van der Waals surface area contributed by atoms with E-state index in [0.717, 1.165) is 16.6 Å². The zero-order valence-electron chi connectivity index (χ0n) is 5.20. The molecule has 0 aromatic rings. The van der Waals surface area contributed by atoms with Crippen LogP contribution in [0.4, 0.5) is 0 Å². The van der Waals surface area contributed by atoms with Gasteiger partial charge in [-0.05, 0) is 6.92 Å². The van der Waals surface area contributed by atoms with Crippen molar-refractivity contribution in [2.24, 2.45) is 0 Å². The summed E-state index contributed by atoms with van der Waals surface area (Å²) < 4.78 is 0.998. The van der Waals surface area contributed by atoms with Gasteiger partial charge in [0.15, 0.2) is 0 Å².